The maximum Gasteiger partial charge on any atom is 0.197 e. The molecule has 80 valence electrons. The van der Waals surface area contributed by atoms with E-state index in [0.29, 0.717) is 11.4 Å². The highest BCUT2D eigenvalue weighted by molar-refractivity contribution is 6.47. The molecule has 4 heteroatoms. The third-order valence-electron chi connectivity index (χ3n) is 2.02. The van der Waals surface area contributed by atoms with E-state index in [1.54, 1.807) is 30.3 Å². The van der Waals surface area contributed by atoms with Crippen LogP contribution in [-0.2, 0) is 4.79 Å². The number of carbonyl (C=O) groups excluding carboxylic acids is 1. The van der Waals surface area contributed by atoms with Gasteiger partial charge in [-0.05, 0) is 42.5 Å². The molecule has 0 aliphatic heterocycles. The first-order valence-corrected chi connectivity index (χ1v) is 5.00. The number of carbonyl (C=O) groups is 1. The Morgan fingerprint density at radius 1 is 1.12 bits per heavy atom. The lowest BCUT2D eigenvalue weighted by molar-refractivity contribution is -0.110. The van der Waals surface area contributed by atoms with Crippen molar-refractivity contribution in [3.63, 3.8) is 0 Å². The maximum atomic E-state index is 11.1. The number of halogens is 1. The minimum absolute atomic E-state index is 0.153. The fourth-order valence-corrected chi connectivity index (χ4v) is 1.41. The van der Waals surface area contributed by atoms with Crippen LogP contribution in [0.1, 0.15) is 0 Å². The van der Waals surface area contributed by atoms with Gasteiger partial charge in [-0.25, -0.2) is 4.99 Å². The molecule has 1 N–H and O–H groups in total. The average molecular weight is 234 g/mol. The van der Waals surface area contributed by atoms with Crippen LogP contribution >= 0.6 is 11.6 Å². The normalized spacial score (nSPS) is 17.7. The Morgan fingerprint density at radius 3 is 2.44 bits per heavy atom. The van der Waals surface area contributed by atoms with Crippen LogP contribution in [0.4, 0.5) is 5.69 Å². The highest BCUT2D eigenvalue weighted by Gasteiger charge is 2.08. The van der Waals surface area contributed by atoms with Crippen molar-refractivity contribution in [2.45, 2.75) is 0 Å². The molecule has 3 nitrogen and oxygen atoms in total. The summed E-state index contributed by atoms with van der Waals surface area (Å²) < 4.78 is 0. The van der Waals surface area contributed by atoms with Gasteiger partial charge < -0.3 is 5.11 Å². The van der Waals surface area contributed by atoms with E-state index in [1.807, 2.05) is 0 Å². The van der Waals surface area contributed by atoms with E-state index in [0.717, 1.165) is 0 Å². The summed E-state index contributed by atoms with van der Waals surface area (Å²) in [7, 11) is 0. The number of phenolic OH excluding ortho intramolecular Hbond substituents is 1. The molecule has 0 saturated heterocycles. The van der Waals surface area contributed by atoms with Crippen LogP contribution in [0.3, 0.4) is 0 Å². The summed E-state index contributed by atoms with van der Waals surface area (Å²) in [5.74, 6) is -0.0294. The molecule has 2 rings (SSSR count). The number of nitrogens with zero attached hydrogens (tertiary/aromatic N) is 1. The summed E-state index contributed by atoms with van der Waals surface area (Å²) >= 11 is 5.69. The summed E-state index contributed by atoms with van der Waals surface area (Å²) in [5.41, 5.74) is 1.29. The van der Waals surface area contributed by atoms with Crippen LogP contribution in [0, 0.1) is 0 Å². The van der Waals surface area contributed by atoms with Crippen molar-refractivity contribution in [3.8, 4) is 5.75 Å². The van der Waals surface area contributed by atoms with Crippen LogP contribution in [0.2, 0.25) is 0 Å². The number of hydrogen-bond acceptors (Lipinski definition) is 3. The molecule has 0 saturated carbocycles. The Bertz CT molecular complexity index is 512. The number of allylic oxidation sites excluding steroid dienone is 4. The molecule has 16 heavy (non-hydrogen) atoms. The van der Waals surface area contributed by atoms with E-state index >= 15 is 0 Å². The predicted octanol–water partition coefficient (Wildman–Crippen LogP) is 2.73. The van der Waals surface area contributed by atoms with Gasteiger partial charge in [-0.2, -0.15) is 0 Å². The molecular formula is C12H8ClNO2. The van der Waals surface area contributed by atoms with Gasteiger partial charge in [-0.15, -0.1) is 0 Å². The molecule has 0 amide bonds. The highest BCUT2D eigenvalue weighted by atomic mass is 35.5. The minimum atomic E-state index is -0.216. The molecule has 0 unspecified atom stereocenters. The average Bonchev–Trinajstić information content (AvgIpc) is 2.27. The molecule has 1 aliphatic carbocycles. The number of aliphatic imine (C=N–C) groups is 1. The van der Waals surface area contributed by atoms with E-state index < -0.39 is 0 Å². The summed E-state index contributed by atoms with van der Waals surface area (Å²) in [5, 5.41) is 9.25. The van der Waals surface area contributed by atoms with Crippen LogP contribution in [0.15, 0.2) is 52.5 Å². The lowest BCUT2D eigenvalue weighted by atomic mass is 10.1. The molecule has 1 aliphatic rings. The summed E-state index contributed by atoms with van der Waals surface area (Å²) in [6, 6.07) is 6.44. The van der Waals surface area contributed by atoms with Crippen molar-refractivity contribution in [1.29, 1.82) is 0 Å². The van der Waals surface area contributed by atoms with Crippen molar-refractivity contribution < 1.29 is 9.90 Å². The third kappa shape index (κ3) is 2.38. The monoisotopic (exact) mass is 233 g/mol. The maximum absolute atomic E-state index is 11.1. The van der Waals surface area contributed by atoms with Crippen molar-refractivity contribution in [2.24, 2.45) is 4.99 Å². The Kier molecular flexibility index (Phi) is 2.88. The first-order valence-electron chi connectivity index (χ1n) is 4.62. The molecule has 0 atom stereocenters. The van der Waals surface area contributed by atoms with Crippen molar-refractivity contribution in [2.75, 3.05) is 0 Å². The number of hydrogen-bond donors (Lipinski definition) is 1. The Morgan fingerprint density at radius 2 is 1.81 bits per heavy atom. The van der Waals surface area contributed by atoms with Gasteiger partial charge in [0.05, 0.1) is 16.4 Å². The lowest BCUT2D eigenvalue weighted by Crippen LogP contribution is -2.03. The number of aromatic hydroxyl groups is 1. The van der Waals surface area contributed by atoms with E-state index in [9.17, 15) is 4.79 Å². The van der Waals surface area contributed by atoms with Crippen molar-refractivity contribution in [3.05, 3.63) is 47.5 Å². The van der Waals surface area contributed by atoms with Gasteiger partial charge in [0.25, 0.3) is 0 Å². The number of ketones is 1. The quantitative estimate of drug-likeness (QED) is 0.759. The highest BCUT2D eigenvalue weighted by Crippen LogP contribution is 2.19. The fourth-order valence-electron chi connectivity index (χ4n) is 1.24. The second-order valence-electron chi connectivity index (χ2n) is 3.24. The second-order valence-corrected chi connectivity index (χ2v) is 3.65. The summed E-state index contributed by atoms with van der Waals surface area (Å²) in [6.45, 7) is 0. The molecular weight excluding hydrogens is 226 g/mol. The zero-order valence-electron chi connectivity index (χ0n) is 8.22. The van der Waals surface area contributed by atoms with Gasteiger partial charge in [0.15, 0.2) is 5.78 Å². The SMILES string of the molecule is O=C1C=CC(=Nc2ccc(O)cc2)C=C1Cl. The molecule has 0 bridgehead atoms. The topological polar surface area (TPSA) is 49.7 Å². The van der Waals surface area contributed by atoms with Gasteiger partial charge in [0.2, 0.25) is 0 Å². The minimum Gasteiger partial charge on any atom is -0.508 e. The van der Waals surface area contributed by atoms with Crippen LogP contribution < -0.4 is 0 Å². The Labute approximate surface area is 97.4 Å². The largest absolute Gasteiger partial charge is 0.508 e. The number of rotatable bonds is 1. The van der Waals surface area contributed by atoms with E-state index in [2.05, 4.69) is 4.99 Å². The first-order chi connectivity index (χ1) is 7.65. The van der Waals surface area contributed by atoms with Gasteiger partial charge >= 0.3 is 0 Å². The summed E-state index contributed by atoms with van der Waals surface area (Å²) in [4.78, 5) is 15.3. The van der Waals surface area contributed by atoms with E-state index in [1.165, 1.54) is 12.2 Å². The molecule has 1 aromatic rings. The fraction of sp³-hybridized carbons (Fsp3) is 0. The summed E-state index contributed by atoms with van der Waals surface area (Å²) in [6.07, 6.45) is 4.49. The predicted molar refractivity (Wildman–Crippen MR) is 63.3 cm³/mol. The third-order valence-corrected chi connectivity index (χ3v) is 2.32. The lowest BCUT2D eigenvalue weighted by Gasteiger charge is -2.02. The van der Waals surface area contributed by atoms with Crippen LogP contribution in [0.5, 0.6) is 5.75 Å². The van der Waals surface area contributed by atoms with Gasteiger partial charge in [-0.3, -0.25) is 4.79 Å². The molecule has 0 aromatic heterocycles. The second kappa shape index (κ2) is 4.33. The molecule has 0 fully saturated rings. The van der Waals surface area contributed by atoms with Gasteiger partial charge in [-0.1, -0.05) is 11.6 Å². The Balaban J connectivity index is 2.29. The number of benzene rings is 1. The van der Waals surface area contributed by atoms with Crippen LogP contribution in [-0.4, -0.2) is 16.6 Å². The first kappa shape index (κ1) is 10.6. The molecule has 0 spiro atoms. The van der Waals surface area contributed by atoms with Crippen molar-refractivity contribution in [1.82, 2.24) is 0 Å². The number of phenols is 1. The van der Waals surface area contributed by atoms with E-state index in [-0.39, 0.29) is 16.6 Å². The van der Waals surface area contributed by atoms with Gasteiger partial charge in [0.1, 0.15) is 5.75 Å². The molecule has 0 heterocycles. The zero-order valence-corrected chi connectivity index (χ0v) is 8.98. The standard InChI is InChI=1S/C12H8ClNO2/c13-11-7-9(3-6-12(11)16)14-8-1-4-10(15)5-2-8/h1-7,15H. The van der Waals surface area contributed by atoms with Crippen LogP contribution in [0.25, 0.3) is 0 Å². The molecule has 1 aromatic carbocycles. The van der Waals surface area contributed by atoms with Crippen molar-refractivity contribution >= 4 is 28.8 Å². The smallest absolute Gasteiger partial charge is 0.197 e. The van der Waals surface area contributed by atoms with Gasteiger partial charge in [0, 0.05) is 0 Å². The molecule has 0 radical (unpaired) electrons. The zero-order chi connectivity index (χ0) is 11.5. The van der Waals surface area contributed by atoms with E-state index in [4.69, 9.17) is 16.7 Å². The Hall–Kier alpha value is -1.87.